The zero-order chi connectivity index (χ0) is 12.2. The summed E-state index contributed by atoms with van der Waals surface area (Å²) in [5.41, 5.74) is 0.252. The predicted octanol–water partition coefficient (Wildman–Crippen LogP) is 3.03. The zero-order valence-electron chi connectivity index (χ0n) is 11.8. The number of hydrogen-bond donors (Lipinski definition) is 1. The van der Waals surface area contributed by atoms with Gasteiger partial charge in [0.15, 0.2) is 0 Å². The number of rotatable bonds is 5. The third-order valence-electron chi connectivity index (χ3n) is 3.70. The van der Waals surface area contributed by atoms with Gasteiger partial charge in [0.05, 0.1) is 0 Å². The third kappa shape index (κ3) is 4.06. The SMILES string of the molecule is CCC(CC)N1CCCC1CNC(C)(C)C. The molecular formula is C14H30N2. The van der Waals surface area contributed by atoms with E-state index in [0.29, 0.717) is 0 Å². The van der Waals surface area contributed by atoms with Crippen molar-refractivity contribution in [1.29, 1.82) is 0 Å². The van der Waals surface area contributed by atoms with Gasteiger partial charge in [-0.15, -0.1) is 0 Å². The zero-order valence-corrected chi connectivity index (χ0v) is 11.8. The van der Waals surface area contributed by atoms with Crippen LogP contribution >= 0.6 is 0 Å². The molecule has 1 fully saturated rings. The molecule has 96 valence electrons. The first-order valence-corrected chi connectivity index (χ1v) is 6.98. The quantitative estimate of drug-likeness (QED) is 0.775. The lowest BCUT2D eigenvalue weighted by atomic mass is 10.1. The fourth-order valence-corrected chi connectivity index (χ4v) is 2.74. The van der Waals surface area contributed by atoms with E-state index in [0.717, 1.165) is 18.6 Å². The van der Waals surface area contributed by atoms with Crippen molar-refractivity contribution in [2.45, 2.75) is 77.9 Å². The van der Waals surface area contributed by atoms with E-state index in [9.17, 15) is 0 Å². The van der Waals surface area contributed by atoms with E-state index in [1.807, 2.05) is 0 Å². The van der Waals surface area contributed by atoms with Crippen LogP contribution in [0.2, 0.25) is 0 Å². The summed E-state index contributed by atoms with van der Waals surface area (Å²) in [6, 6.07) is 1.57. The number of likely N-dealkylation sites (tertiary alicyclic amines) is 1. The molecule has 16 heavy (non-hydrogen) atoms. The van der Waals surface area contributed by atoms with Crippen LogP contribution in [0.5, 0.6) is 0 Å². The van der Waals surface area contributed by atoms with Crippen LogP contribution in [0.4, 0.5) is 0 Å². The molecule has 2 heteroatoms. The highest BCUT2D eigenvalue weighted by molar-refractivity contribution is 4.87. The Bertz CT molecular complexity index is 191. The van der Waals surface area contributed by atoms with Crippen molar-refractivity contribution in [2.24, 2.45) is 0 Å². The lowest BCUT2D eigenvalue weighted by molar-refractivity contribution is 0.160. The van der Waals surface area contributed by atoms with E-state index in [1.54, 1.807) is 0 Å². The van der Waals surface area contributed by atoms with Crippen molar-refractivity contribution in [3.05, 3.63) is 0 Å². The highest BCUT2D eigenvalue weighted by Crippen LogP contribution is 2.23. The first-order valence-electron chi connectivity index (χ1n) is 6.98. The average molecular weight is 226 g/mol. The van der Waals surface area contributed by atoms with Gasteiger partial charge in [-0.25, -0.2) is 0 Å². The summed E-state index contributed by atoms with van der Waals surface area (Å²) < 4.78 is 0. The fraction of sp³-hybridized carbons (Fsp3) is 1.00. The topological polar surface area (TPSA) is 15.3 Å². The largest absolute Gasteiger partial charge is 0.311 e. The molecule has 1 rings (SSSR count). The van der Waals surface area contributed by atoms with Gasteiger partial charge >= 0.3 is 0 Å². The Hall–Kier alpha value is -0.0800. The minimum absolute atomic E-state index is 0.252. The third-order valence-corrected chi connectivity index (χ3v) is 3.70. The van der Waals surface area contributed by atoms with Crippen LogP contribution in [-0.4, -0.2) is 35.6 Å². The molecule has 1 saturated heterocycles. The lowest BCUT2D eigenvalue weighted by Gasteiger charge is -2.34. The van der Waals surface area contributed by atoms with Crippen molar-refractivity contribution in [3.8, 4) is 0 Å². The molecule has 1 unspecified atom stereocenters. The molecular weight excluding hydrogens is 196 g/mol. The van der Waals surface area contributed by atoms with Gasteiger partial charge in [0.1, 0.15) is 0 Å². The Morgan fingerprint density at radius 1 is 1.25 bits per heavy atom. The number of hydrogen-bond acceptors (Lipinski definition) is 2. The summed E-state index contributed by atoms with van der Waals surface area (Å²) in [6.07, 6.45) is 5.34. The Morgan fingerprint density at radius 2 is 1.88 bits per heavy atom. The summed E-state index contributed by atoms with van der Waals surface area (Å²) in [7, 11) is 0. The molecule has 0 amide bonds. The maximum Gasteiger partial charge on any atom is 0.0224 e. The Balaban J connectivity index is 2.45. The molecule has 1 heterocycles. The maximum absolute atomic E-state index is 3.66. The summed E-state index contributed by atoms with van der Waals surface area (Å²) in [4.78, 5) is 2.73. The van der Waals surface area contributed by atoms with Crippen LogP contribution in [-0.2, 0) is 0 Å². The molecule has 0 aromatic rings. The standard InChI is InChI=1S/C14H30N2/c1-6-12(7-2)16-10-8-9-13(16)11-15-14(3,4)5/h12-13,15H,6-11H2,1-5H3. The maximum atomic E-state index is 3.66. The molecule has 0 aromatic carbocycles. The predicted molar refractivity (Wildman–Crippen MR) is 71.9 cm³/mol. The summed E-state index contributed by atoms with van der Waals surface area (Å²) in [6.45, 7) is 13.9. The second-order valence-electron chi connectivity index (χ2n) is 6.14. The Kier molecular flexibility index (Phi) is 5.26. The van der Waals surface area contributed by atoms with Gasteiger partial charge in [-0.1, -0.05) is 13.8 Å². The number of nitrogens with one attached hydrogen (secondary N) is 1. The monoisotopic (exact) mass is 226 g/mol. The van der Waals surface area contributed by atoms with Gasteiger partial charge in [0.25, 0.3) is 0 Å². The summed E-state index contributed by atoms with van der Waals surface area (Å²) in [5.74, 6) is 0. The summed E-state index contributed by atoms with van der Waals surface area (Å²) in [5, 5.41) is 3.66. The van der Waals surface area contributed by atoms with E-state index in [-0.39, 0.29) is 5.54 Å². The van der Waals surface area contributed by atoms with E-state index in [1.165, 1.54) is 32.2 Å². The molecule has 0 saturated carbocycles. The Labute approximate surface area is 102 Å². The van der Waals surface area contributed by atoms with Gasteiger partial charge < -0.3 is 5.32 Å². The molecule has 1 aliphatic heterocycles. The lowest BCUT2D eigenvalue weighted by Crippen LogP contribution is -2.48. The molecule has 0 spiro atoms. The van der Waals surface area contributed by atoms with E-state index in [4.69, 9.17) is 0 Å². The Morgan fingerprint density at radius 3 is 2.38 bits per heavy atom. The van der Waals surface area contributed by atoms with Crippen LogP contribution in [0.1, 0.15) is 60.3 Å². The molecule has 0 bridgehead atoms. The number of nitrogens with zero attached hydrogens (tertiary/aromatic N) is 1. The van der Waals surface area contributed by atoms with Gasteiger partial charge in [0.2, 0.25) is 0 Å². The summed E-state index contributed by atoms with van der Waals surface area (Å²) >= 11 is 0. The van der Waals surface area contributed by atoms with Crippen molar-refractivity contribution < 1.29 is 0 Å². The van der Waals surface area contributed by atoms with Crippen LogP contribution in [0.15, 0.2) is 0 Å². The van der Waals surface area contributed by atoms with Crippen LogP contribution in [0.3, 0.4) is 0 Å². The highest BCUT2D eigenvalue weighted by atomic mass is 15.2. The van der Waals surface area contributed by atoms with Gasteiger partial charge in [-0.05, 0) is 53.0 Å². The van der Waals surface area contributed by atoms with Crippen molar-refractivity contribution in [1.82, 2.24) is 10.2 Å². The van der Waals surface area contributed by atoms with Crippen molar-refractivity contribution in [2.75, 3.05) is 13.1 Å². The fourth-order valence-electron chi connectivity index (χ4n) is 2.74. The first kappa shape index (κ1) is 14.0. The van der Waals surface area contributed by atoms with Gasteiger partial charge in [-0.2, -0.15) is 0 Å². The molecule has 1 atom stereocenters. The average Bonchev–Trinajstić information content (AvgIpc) is 2.64. The second kappa shape index (κ2) is 6.02. The van der Waals surface area contributed by atoms with E-state index >= 15 is 0 Å². The smallest absolute Gasteiger partial charge is 0.0224 e. The first-order chi connectivity index (χ1) is 7.48. The molecule has 0 aromatic heterocycles. The van der Waals surface area contributed by atoms with Crippen molar-refractivity contribution in [3.63, 3.8) is 0 Å². The minimum Gasteiger partial charge on any atom is -0.311 e. The molecule has 1 aliphatic rings. The van der Waals surface area contributed by atoms with E-state index in [2.05, 4.69) is 44.8 Å². The highest BCUT2D eigenvalue weighted by Gasteiger charge is 2.29. The van der Waals surface area contributed by atoms with Crippen LogP contribution in [0.25, 0.3) is 0 Å². The molecule has 2 nitrogen and oxygen atoms in total. The van der Waals surface area contributed by atoms with Crippen molar-refractivity contribution >= 4 is 0 Å². The van der Waals surface area contributed by atoms with Crippen LogP contribution in [0, 0.1) is 0 Å². The van der Waals surface area contributed by atoms with E-state index < -0.39 is 0 Å². The molecule has 1 N–H and O–H groups in total. The van der Waals surface area contributed by atoms with Crippen LogP contribution < -0.4 is 5.32 Å². The minimum atomic E-state index is 0.252. The van der Waals surface area contributed by atoms with Gasteiger partial charge in [0, 0.05) is 24.2 Å². The normalized spacial score (nSPS) is 23.2. The molecule has 0 aliphatic carbocycles. The second-order valence-corrected chi connectivity index (χ2v) is 6.14. The molecule has 0 radical (unpaired) electrons. The van der Waals surface area contributed by atoms with Gasteiger partial charge in [-0.3, -0.25) is 4.90 Å².